The molecular weight excluding hydrogens is 322 g/mol. The standard InChI is InChI=1S/C18H17N3O4/c1-13(22)20-17(11-14-7-9-16(10-8-14)21(24)25)18(23)19-12-15-5-3-2-4-6-15/h2-11H,12H2,1H3,(H,19,23)(H,20,22). The Morgan fingerprint density at radius 2 is 1.72 bits per heavy atom. The van der Waals surface area contributed by atoms with E-state index in [1.54, 1.807) is 0 Å². The molecule has 0 saturated carbocycles. The maximum Gasteiger partial charge on any atom is 0.269 e. The molecule has 0 aliphatic carbocycles. The minimum Gasteiger partial charge on any atom is -0.347 e. The van der Waals surface area contributed by atoms with E-state index in [2.05, 4.69) is 10.6 Å². The zero-order valence-electron chi connectivity index (χ0n) is 13.6. The van der Waals surface area contributed by atoms with Crippen molar-refractivity contribution in [3.63, 3.8) is 0 Å². The zero-order valence-corrected chi connectivity index (χ0v) is 13.6. The van der Waals surface area contributed by atoms with E-state index in [1.807, 2.05) is 30.3 Å². The molecule has 7 heteroatoms. The van der Waals surface area contributed by atoms with Crippen LogP contribution in [0.3, 0.4) is 0 Å². The Morgan fingerprint density at radius 3 is 2.28 bits per heavy atom. The Bertz CT molecular complexity index is 799. The lowest BCUT2D eigenvalue weighted by Crippen LogP contribution is -2.33. The van der Waals surface area contributed by atoms with Gasteiger partial charge in [-0.25, -0.2) is 0 Å². The molecule has 0 radical (unpaired) electrons. The maximum absolute atomic E-state index is 12.3. The normalized spacial score (nSPS) is 10.8. The van der Waals surface area contributed by atoms with Crippen LogP contribution in [-0.2, 0) is 16.1 Å². The minimum atomic E-state index is -0.505. The van der Waals surface area contributed by atoms with Gasteiger partial charge in [0.05, 0.1) is 4.92 Å². The van der Waals surface area contributed by atoms with Crippen LogP contribution in [0.15, 0.2) is 60.3 Å². The fourth-order valence-electron chi connectivity index (χ4n) is 2.08. The van der Waals surface area contributed by atoms with E-state index >= 15 is 0 Å². The van der Waals surface area contributed by atoms with E-state index in [0.29, 0.717) is 12.1 Å². The summed E-state index contributed by atoms with van der Waals surface area (Å²) in [5.41, 5.74) is 1.50. The van der Waals surface area contributed by atoms with Crippen LogP contribution in [0.25, 0.3) is 6.08 Å². The van der Waals surface area contributed by atoms with Gasteiger partial charge in [0, 0.05) is 25.6 Å². The summed E-state index contributed by atoms with van der Waals surface area (Å²) in [4.78, 5) is 33.8. The lowest BCUT2D eigenvalue weighted by Gasteiger charge is -2.10. The third-order valence-corrected chi connectivity index (χ3v) is 3.27. The molecule has 25 heavy (non-hydrogen) atoms. The van der Waals surface area contributed by atoms with Crippen molar-refractivity contribution in [2.24, 2.45) is 0 Å². The highest BCUT2D eigenvalue weighted by Gasteiger charge is 2.11. The van der Waals surface area contributed by atoms with Crippen LogP contribution in [0.1, 0.15) is 18.1 Å². The van der Waals surface area contributed by atoms with Crippen LogP contribution in [0.4, 0.5) is 5.69 Å². The van der Waals surface area contributed by atoms with Crippen LogP contribution in [0.2, 0.25) is 0 Å². The highest BCUT2D eigenvalue weighted by molar-refractivity contribution is 6.00. The summed E-state index contributed by atoms with van der Waals surface area (Å²) in [6, 6.07) is 15.0. The minimum absolute atomic E-state index is 0.0493. The lowest BCUT2D eigenvalue weighted by atomic mass is 10.1. The number of nitro groups is 1. The summed E-state index contributed by atoms with van der Waals surface area (Å²) in [5.74, 6) is -0.833. The monoisotopic (exact) mass is 339 g/mol. The molecule has 0 heterocycles. The van der Waals surface area contributed by atoms with E-state index in [9.17, 15) is 19.7 Å². The Morgan fingerprint density at radius 1 is 1.08 bits per heavy atom. The highest BCUT2D eigenvalue weighted by Crippen LogP contribution is 2.14. The first-order chi connectivity index (χ1) is 12.0. The summed E-state index contributed by atoms with van der Waals surface area (Å²) >= 11 is 0. The number of hydrogen-bond acceptors (Lipinski definition) is 4. The van der Waals surface area contributed by atoms with E-state index in [1.165, 1.54) is 37.3 Å². The van der Waals surface area contributed by atoms with Crippen LogP contribution in [-0.4, -0.2) is 16.7 Å². The van der Waals surface area contributed by atoms with E-state index in [4.69, 9.17) is 0 Å². The fourth-order valence-corrected chi connectivity index (χ4v) is 2.08. The number of nitrogens with one attached hydrogen (secondary N) is 2. The number of non-ortho nitro benzene ring substituents is 1. The molecule has 0 aliphatic heterocycles. The summed E-state index contributed by atoms with van der Waals surface area (Å²) in [6.45, 7) is 1.62. The summed E-state index contributed by atoms with van der Waals surface area (Å²) in [5, 5.41) is 15.9. The molecule has 2 aromatic rings. The van der Waals surface area contributed by atoms with Gasteiger partial charge >= 0.3 is 0 Å². The number of rotatable bonds is 6. The van der Waals surface area contributed by atoms with Gasteiger partial charge in [-0.3, -0.25) is 19.7 Å². The highest BCUT2D eigenvalue weighted by atomic mass is 16.6. The van der Waals surface area contributed by atoms with Crippen LogP contribution < -0.4 is 10.6 Å². The molecule has 2 amide bonds. The van der Waals surface area contributed by atoms with Gasteiger partial charge in [0.1, 0.15) is 5.70 Å². The Kier molecular flexibility index (Phi) is 6.00. The van der Waals surface area contributed by atoms with Gasteiger partial charge in [0.2, 0.25) is 5.91 Å². The van der Waals surface area contributed by atoms with Crippen molar-refractivity contribution in [1.29, 1.82) is 0 Å². The molecule has 0 saturated heterocycles. The van der Waals surface area contributed by atoms with Crippen molar-refractivity contribution in [2.45, 2.75) is 13.5 Å². The van der Waals surface area contributed by atoms with Gasteiger partial charge in [0.25, 0.3) is 11.6 Å². The Labute approximate surface area is 144 Å². The number of nitro benzene ring substituents is 1. The topological polar surface area (TPSA) is 101 Å². The lowest BCUT2D eigenvalue weighted by molar-refractivity contribution is -0.384. The molecule has 0 aromatic heterocycles. The van der Waals surface area contributed by atoms with Crippen LogP contribution in [0, 0.1) is 10.1 Å². The average Bonchev–Trinajstić information content (AvgIpc) is 2.60. The summed E-state index contributed by atoms with van der Waals surface area (Å²) < 4.78 is 0. The van der Waals surface area contributed by atoms with E-state index < -0.39 is 10.8 Å². The van der Waals surface area contributed by atoms with Gasteiger partial charge in [-0.15, -0.1) is 0 Å². The first-order valence-electron chi connectivity index (χ1n) is 7.51. The second-order valence-electron chi connectivity index (χ2n) is 5.26. The molecule has 0 unspecified atom stereocenters. The molecule has 0 aliphatic rings. The zero-order chi connectivity index (χ0) is 18.2. The van der Waals surface area contributed by atoms with Crippen molar-refractivity contribution >= 4 is 23.6 Å². The van der Waals surface area contributed by atoms with Gasteiger partial charge in [-0.05, 0) is 29.3 Å². The van der Waals surface area contributed by atoms with Crippen molar-refractivity contribution in [3.05, 3.63) is 81.5 Å². The van der Waals surface area contributed by atoms with Gasteiger partial charge in [-0.2, -0.15) is 0 Å². The Balaban J connectivity index is 2.15. The molecule has 128 valence electrons. The van der Waals surface area contributed by atoms with Crippen molar-refractivity contribution in [3.8, 4) is 0 Å². The smallest absolute Gasteiger partial charge is 0.269 e. The number of carbonyl (C=O) groups excluding carboxylic acids is 2. The average molecular weight is 339 g/mol. The Hall–Kier alpha value is -3.48. The van der Waals surface area contributed by atoms with Gasteiger partial charge < -0.3 is 10.6 Å². The van der Waals surface area contributed by atoms with Gasteiger partial charge in [0.15, 0.2) is 0 Å². The second kappa shape index (κ2) is 8.39. The molecule has 0 fully saturated rings. The van der Waals surface area contributed by atoms with Crippen LogP contribution in [0.5, 0.6) is 0 Å². The fraction of sp³-hybridized carbons (Fsp3) is 0.111. The maximum atomic E-state index is 12.3. The first-order valence-corrected chi connectivity index (χ1v) is 7.51. The molecule has 0 atom stereocenters. The van der Waals surface area contributed by atoms with Crippen molar-refractivity contribution < 1.29 is 14.5 Å². The predicted molar refractivity (Wildman–Crippen MR) is 93.2 cm³/mol. The summed E-state index contributed by atoms with van der Waals surface area (Å²) in [6.07, 6.45) is 1.46. The first kappa shape index (κ1) is 17.9. The second-order valence-corrected chi connectivity index (χ2v) is 5.26. The number of carbonyl (C=O) groups is 2. The van der Waals surface area contributed by atoms with Crippen molar-refractivity contribution in [1.82, 2.24) is 10.6 Å². The molecule has 0 bridgehead atoms. The molecule has 7 nitrogen and oxygen atoms in total. The van der Waals surface area contributed by atoms with E-state index in [-0.39, 0.29) is 17.3 Å². The molecule has 2 rings (SSSR count). The number of benzene rings is 2. The quantitative estimate of drug-likeness (QED) is 0.479. The largest absolute Gasteiger partial charge is 0.347 e. The predicted octanol–water partition coefficient (Wildman–Crippen LogP) is 2.39. The number of amides is 2. The number of nitrogens with zero attached hydrogens (tertiary/aromatic N) is 1. The van der Waals surface area contributed by atoms with Crippen LogP contribution >= 0.6 is 0 Å². The third kappa shape index (κ3) is 5.58. The molecular formula is C18H17N3O4. The summed E-state index contributed by atoms with van der Waals surface area (Å²) in [7, 11) is 0. The van der Waals surface area contributed by atoms with E-state index in [0.717, 1.165) is 5.56 Å². The molecule has 0 spiro atoms. The third-order valence-electron chi connectivity index (χ3n) is 3.27. The van der Waals surface area contributed by atoms with Gasteiger partial charge in [-0.1, -0.05) is 30.3 Å². The molecule has 2 aromatic carbocycles. The number of hydrogen-bond donors (Lipinski definition) is 2. The molecule has 2 N–H and O–H groups in total. The van der Waals surface area contributed by atoms with Crippen molar-refractivity contribution in [2.75, 3.05) is 0 Å². The SMILES string of the molecule is CC(=O)NC(=Cc1ccc([N+](=O)[O-])cc1)C(=O)NCc1ccccc1.